The molecule has 27 heavy (non-hydrogen) atoms. The van der Waals surface area contributed by atoms with Crippen LogP contribution < -0.4 is 5.32 Å². The summed E-state index contributed by atoms with van der Waals surface area (Å²) in [6.45, 7) is 7.63. The Morgan fingerprint density at radius 2 is 1.93 bits per heavy atom. The van der Waals surface area contributed by atoms with Crippen LogP contribution in [0.3, 0.4) is 0 Å². The maximum atomic E-state index is 11.9. The molecule has 0 atom stereocenters. The van der Waals surface area contributed by atoms with Gasteiger partial charge in [-0.15, -0.1) is 0 Å². The van der Waals surface area contributed by atoms with Crippen molar-refractivity contribution in [2.75, 3.05) is 73.8 Å². The second-order valence-electron chi connectivity index (χ2n) is 6.81. The number of guanidine groups is 1. The fourth-order valence-corrected chi connectivity index (χ4v) is 2.76. The van der Waals surface area contributed by atoms with E-state index in [2.05, 4.69) is 15.2 Å². The molecule has 8 heteroatoms. The zero-order valence-electron chi connectivity index (χ0n) is 17.5. The van der Waals surface area contributed by atoms with E-state index in [4.69, 9.17) is 14.2 Å². The zero-order chi connectivity index (χ0) is 19.9. The minimum absolute atomic E-state index is 0.0000197. The summed E-state index contributed by atoms with van der Waals surface area (Å²) in [4.78, 5) is 20.2. The van der Waals surface area contributed by atoms with E-state index < -0.39 is 0 Å². The Hall–Kier alpha value is -1.38. The van der Waals surface area contributed by atoms with E-state index in [0.29, 0.717) is 6.10 Å². The second kappa shape index (κ2) is 14.6. The molecule has 1 saturated heterocycles. The van der Waals surface area contributed by atoms with Gasteiger partial charge in [-0.2, -0.15) is 0 Å². The summed E-state index contributed by atoms with van der Waals surface area (Å²) >= 11 is 0. The first-order valence-corrected chi connectivity index (χ1v) is 10.00. The summed E-state index contributed by atoms with van der Waals surface area (Å²) in [5.74, 6) is 0.805. The SMILES string of the molecule is CCOCCCNC(=NCC(=O)N(C)C)N1CCC(OCCCOC)CC1. The number of nitrogens with one attached hydrogen (secondary N) is 1. The molecule has 1 N–H and O–H groups in total. The lowest BCUT2D eigenvalue weighted by Gasteiger charge is -2.34. The lowest BCUT2D eigenvalue weighted by Crippen LogP contribution is -2.47. The van der Waals surface area contributed by atoms with Gasteiger partial charge < -0.3 is 29.3 Å². The van der Waals surface area contributed by atoms with Gasteiger partial charge in [0.25, 0.3) is 0 Å². The fourth-order valence-electron chi connectivity index (χ4n) is 2.76. The minimum atomic E-state index is -0.0000197. The smallest absolute Gasteiger partial charge is 0.243 e. The van der Waals surface area contributed by atoms with Gasteiger partial charge in [-0.3, -0.25) is 4.79 Å². The Kier molecular flexibility index (Phi) is 12.8. The number of rotatable bonds is 12. The van der Waals surface area contributed by atoms with Crippen molar-refractivity contribution in [2.45, 2.75) is 38.7 Å². The largest absolute Gasteiger partial charge is 0.385 e. The van der Waals surface area contributed by atoms with Gasteiger partial charge in [0, 0.05) is 67.3 Å². The first-order chi connectivity index (χ1) is 13.1. The number of carbonyl (C=O) groups is 1. The van der Waals surface area contributed by atoms with Crippen LogP contribution in [-0.4, -0.2) is 102 Å². The maximum absolute atomic E-state index is 11.9. The van der Waals surface area contributed by atoms with Gasteiger partial charge in [0.1, 0.15) is 6.54 Å². The minimum Gasteiger partial charge on any atom is -0.385 e. The summed E-state index contributed by atoms with van der Waals surface area (Å²) in [7, 11) is 5.21. The lowest BCUT2D eigenvalue weighted by molar-refractivity contribution is -0.127. The second-order valence-corrected chi connectivity index (χ2v) is 6.81. The maximum Gasteiger partial charge on any atom is 0.243 e. The molecule has 1 fully saturated rings. The molecule has 0 aromatic carbocycles. The van der Waals surface area contributed by atoms with Crippen LogP contribution in [0.5, 0.6) is 0 Å². The Bertz CT molecular complexity index is 424. The van der Waals surface area contributed by atoms with Crippen LogP contribution in [0.4, 0.5) is 0 Å². The van der Waals surface area contributed by atoms with Crippen LogP contribution in [0.1, 0.15) is 32.6 Å². The van der Waals surface area contributed by atoms with Gasteiger partial charge >= 0.3 is 0 Å². The average molecular weight is 387 g/mol. The van der Waals surface area contributed by atoms with Gasteiger partial charge in [0.15, 0.2) is 5.96 Å². The molecular weight excluding hydrogens is 348 g/mol. The first-order valence-electron chi connectivity index (χ1n) is 10.00. The van der Waals surface area contributed by atoms with Gasteiger partial charge in [-0.05, 0) is 32.6 Å². The number of methoxy groups -OCH3 is 1. The molecule has 0 bridgehead atoms. The van der Waals surface area contributed by atoms with Crippen LogP contribution in [0, 0.1) is 0 Å². The van der Waals surface area contributed by atoms with Crippen molar-refractivity contribution in [3.05, 3.63) is 0 Å². The molecule has 1 rings (SSSR count). The lowest BCUT2D eigenvalue weighted by atomic mass is 10.1. The number of carbonyl (C=O) groups excluding carboxylic acids is 1. The first kappa shape index (κ1) is 23.7. The topological polar surface area (TPSA) is 75.6 Å². The molecule has 1 aliphatic rings. The molecule has 0 unspecified atom stereocenters. The average Bonchev–Trinajstić information content (AvgIpc) is 2.67. The number of aliphatic imine (C=N–C) groups is 1. The molecule has 0 radical (unpaired) electrons. The van der Waals surface area contributed by atoms with E-state index in [9.17, 15) is 4.79 Å². The summed E-state index contributed by atoms with van der Waals surface area (Å²) in [5, 5.41) is 3.39. The summed E-state index contributed by atoms with van der Waals surface area (Å²) in [6.07, 6.45) is 4.06. The van der Waals surface area contributed by atoms with E-state index in [1.165, 1.54) is 0 Å². The summed E-state index contributed by atoms with van der Waals surface area (Å²) in [5.41, 5.74) is 0. The molecule has 0 saturated carbocycles. The third-order valence-corrected chi connectivity index (χ3v) is 4.40. The summed E-state index contributed by atoms with van der Waals surface area (Å²) in [6, 6.07) is 0. The number of likely N-dealkylation sites (tertiary alicyclic amines) is 1. The zero-order valence-corrected chi connectivity index (χ0v) is 17.5. The van der Waals surface area contributed by atoms with Gasteiger partial charge in [0.05, 0.1) is 6.10 Å². The number of ether oxygens (including phenoxy) is 3. The highest BCUT2D eigenvalue weighted by Gasteiger charge is 2.22. The highest BCUT2D eigenvalue weighted by molar-refractivity contribution is 5.84. The normalized spacial score (nSPS) is 15.9. The van der Waals surface area contributed by atoms with Crippen LogP contribution in [0.25, 0.3) is 0 Å². The van der Waals surface area contributed by atoms with Crippen LogP contribution in [-0.2, 0) is 19.0 Å². The molecule has 0 aromatic heterocycles. The monoisotopic (exact) mass is 386 g/mol. The molecule has 0 spiro atoms. The Labute approximate surface area is 164 Å². The van der Waals surface area contributed by atoms with Gasteiger partial charge in [0.2, 0.25) is 5.91 Å². The van der Waals surface area contributed by atoms with E-state index in [-0.39, 0.29) is 12.5 Å². The predicted molar refractivity (Wildman–Crippen MR) is 107 cm³/mol. The van der Waals surface area contributed by atoms with Crippen molar-refractivity contribution < 1.29 is 19.0 Å². The molecule has 1 amide bonds. The van der Waals surface area contributed by atoms with Crippen molar-refractivity contribution in [3.63, 3.8) is 0 Å². The number of likely N-dealkylation sites (N-methyl/N-ethyl adjacent to an activating group) is 1. The Morgan fingerprint density at radius 3 is 2.56 bits per heavy atom. The molecule has 8 nitrogen and oxygen atoms in total. The van der Waals surface area contributed by atoms with Gasteiger partial charge in [-0.25, -0.2) is 4.99 Å². The van der Waals surface area contributed by atoms with Crippen molar-refractivity contribution in [3.8, 4) is 0 Å². The number of hydrogen-bond donors (Lipinski definition) is 1. The van der Waals surface area contributed by atoms with E-state index >= 15 is 0 Å². The Morgan fingerprint density at radius 1 is 1.19 bits per heavy atom. The predicted octanol–water partition coefficient (Wildman–Crippen LogP) is 0.964. The highest BCUT2D eigenvalue weighted by atomic mass is 16.5. The van der Waals surface area contributed by atoms with Gasteiger partial charge in [-0.1, -0.05) is 0 Å². The molecule has 0 aliphatic carbocycles. The molecule has 1 aliphatic heterocycles. The summed E-state index contributed by atoms with van der Waals surface area (Å²) < 4.78 is 16.4. The van der Waals surface area contributed by atoms with Crippen LogP contribution >= 0.6 is 0 Å². The van der Waals surface area contributed by atoms with Crippen molar-refractivity contribution in [1.29, 1.82) is 0 Å². The van der Waals surface area contributed by atoms with Crippen molar-refractivity contribution >= 4 is 11.9 Å². The Balaban J connectivity index is 2.47. The van der Waals surface area contributed by atoms with Crippen molar-refractivity contribution in [1.82, 2.24) is 15.1 Å². The molecule has 1 heterocycles. The van der Waals surface area contributed by atoms with Crippen LogP contribution in [0.2, 0.25) is 0 Å². The van der Waals surface area contributed by atoms with Crippen molar-refractivity contribution in [2.24, 2.45) is 4.99 Å². The third kappa shape index (κ3) is 10.5. The fraction of sp³-hybridized carbons (Fsp3) is 0.895. The quantitative estimate of drug-likeness (QED) is 0.306. The molecular formula is C19H38N4O4. The van der Waals surface area contributed by atoms with Crippen LogP contribution in [0.15, 0.2) is 4.99 Å². The van der Waals surface area contributed by atoms with E-state index in [0.717, 1.165) is 77.7 Å². The number of hydrogen-bond acceptors (Lipinski definition) is 5. The number of amides is 1. The number of piperidine rings is 1. The molecule has 158 valence electrons. The standard InChI is InChI=1S/C19H38N4O4/c1-5-26-14-6-10-20-19(21-16-18(24)22(2)3)23-11-8-17(9-12-23)27-15-7-13-25-4/h17H,5-16H2,1-4H3,(H,20,21). The number of nitrogens with zero attached hydrogens (tertiary/aromatic N) is 3. The highest BCUT2D eigenvalue weighted by Crippen LogP contribution is 2.14. The molecule has 0 aromatic rings. The van der Waals surface area contributed by atoms with E-state index in [1.54, 1.807) is 26.1 Å². The third-order valence-electron chi connectivity index (χ3n) is 4.40. The van der Waals surface area contributed by atoms with E-state index in [1.807, 2.05) is 6.92 Å².